The fourth-order valence-electron chi connectivity index (χ4n) is 4.00. The highest BCUT2D eigenvalue weighted by Crippen LogP contribution is 2.27. The minimum atomic E-state index is -3.84. The summed E-state index contributed by atoms with van der Waals surface area (Å²) in [7, 11) is -3.84. The average Bonchev–Trinajstić information content (AvgIpc) is 3.08. The number of hydrogen-bond donors (Lipinski definition) is 0. The molecule has 3 rings (SSSR count). The molecule has 0 aliphatic carbocycles. The molecule has 1 fully saturated rings. The van der Waals surface area contributed by atoms with Crippen LogP contribution in [-0.4, -0.2) is 66.5 Å². The summed E-state index contributed by atoms with van der Waals surface area (Å²) in [4.78, 5) is 28.7. The highest BCUT2D eigenvalue weighted by molar-refractivity contribution is 7.92. The van der Waals surface area contributed by atoms with Crippen molar-refractivity contribution < 1.29 is 18.0 Å². The summed E-state index contributed by atoms with van der Waals surface area (Å²) < 4.78 is 27.8. The van der Waals surface area contributed by atoms with Gasteiger partial charge in [-0.25, -0.2) is 8.42 Å². The van der Waals surface area contributed by atoms with Gasteiger partial charge in [-0.15, -0.1) is 0 Å². The lowest BCUT2D eigenvalue weighted by atomic mass is 9.99. The van der Waals surface area contributed by atoms with Crippen molar-refractivity contribution in [3.8, 4) is 0 Å². The number of piperidine rings is 1. The van der Waals surface area contributed by atoms with E-state index in [1.807, 2.05) is 30.9 Å². The Morgan fingerprint density at radius 1 is 1.10 bits per heavy atom. The molecule has 0 atom stereocenters. The van der Waals surface area contributed by atoms with Gasteiger partial charge >= 0.3 is 0 Å². The lowest BCUT2D eigenvalue weighted by Crippen LogP contribution is -2.39. The Labute approximate surface area is 178 Å². The number of hydrogen-bond acceptors (Lipinski definition) is 4. The third kappa shape index (κ3) is 4.69. The van der Waals surface area contributed by atoms with E-state index in [9.17, 15) is 18.0 Å². The summed E-state index contributed by atoms with van der Waals surface area (Å²) in [6.45, 7) is 8.35. The second kappa shape index (κ2) is 9.20. The fraction of sp³-hybridized carbons (Fsp3) is 0.545. The second-order valence-electron chi connectivity index (χ2n) is 8.03. The van der Waals surface area contributed by atoms with Crippen LogP contribution in [0.5, 0.6) is 0 Å². The number of para-hydroxylation sites is 1. The molecule has 2 aromatic rings. The molecule has 0 radical (unpaired) electrons. The zero-order valence-corrected chi connectivity index (χ0v) is 18.8. The average molecular weight is 434 g/mol. The number of sulfone groups is 1. The first-order valence-electron chi connectivity index (χ1n) is 10.6. The van der Waals surface area contributed by atoms with Crippen LogP contribution < -0.4 is 0 Å². The Bertz CT molecular complexity index is 1020. The van der Waals surface area contributed by atoms with Gasteiger partial charge in [0.25, 0.3) is 0 Å². The molecule has 0 saturated carbocycles. The van der Waals surface area contributed by atoms with E-state index < -0.39 is 21.5 Å². The predicted molar refractivity (Wildman–Crippen MR) is 117 cm³/mol. The number of likely N-dealkylation sites (tertiary alicyclic amines) is 1. The molecule has 8 heteroatoms. The van der Waals surface area contributed by atoms with Gasteiger partial charge in [-0.05, 0) is 38.7 Å². The van der Waals surface area contributed by atoms with Gasteiger partial charge in [0.1, 0.15) is 12.3 Å². The highest BCUT2D eigenvalue weighted by atomic mass is 32.2. The van der Waals surface area contributed by atoms with Crippen molar-refractivity contribution in [2.75, 3.05) is 31.9 Å². The molecule has 1 aliphatic heterocycles. The van der Waals surface area contributed by atoms with Crippen LogP contribution in [0.3, 0.4) is 0 Å². The van der Waals surface area contributed by atoms with Crippen molar-refractivity contribution in [1.82, 2.24) is 14.4 Å². The van der Waals surface area contributed by atoms with E-state index in [4.69, 9.17) is 0 Å². The molecule has 1 aromatic carbocycles. The van der Waals surface area contributed by atoms with Crippen molar-refractivity contribution in [3.63, 3.8) is 0 Å². The van der Waals surface area contributed by atoms with Gasteiger partial charge < -0.3 is 14.4 Å². The van der Waals surface area contributed by atoms with Gasteiger partial charge in [0.05, 0.1) is 4.90 Å². The summed E-state index contributed by atoms with van der Waals surface area (Å²) in [6.07, 6.45) is 3.50. The van der Waals surface area contributed by atoms with Crippen molar-refractivity contribution in [3.05, 3.63) is 30.5 Å². The maximum absolute atomic E-state index is 13.1. The van der Waals surface area contributed by atoms with Crippen LogP contribution in [0.25, 0.3) is 10.9 Å². The van der Waals surface area contributed by atoms with Gasteiger partial charge in [0.2, 0.25) is 11.8 Å². The van der Waals surface area contributed by atoms with E-state index in [0.29, 0.717) is 29.9 Å². The number of rotatable bonds is 7. The van der Waals surface area contributed by atoms with Gasteiger partial charge in [-0.3, -0.25) is 9.59 Å². The summed E-state index contributed by atoms with van der Waals surface area (Å²) in [5, 5.41) is 0.546. The van der Waals surface area contributed by atoms with E-state index in [2.05, 4.69) is 6.92 Å². The minimum absolute atomic E-state index is 0.00850. The molecule has 0 unspecified atom stereocenters. The van der Waals surface area contributed by atoms with Crippen LogP contribution in [0.4, 0.5) is 0 Å². The Balaban J connectivity index is 1.88. The number of nitrogens with zero attached hydrogens (tertiary/aromatic N) is 3. The maximum Gasteiger partial charge on any atom is 0.242 e. The van der Waals surface area contributed by atoms with E-state index >= 15 is 0 Å². The van der Waals surface area contributed by atoms with E-state index in [1.54, 1.807) is 16.7 Å². The third-order valence-corrected chi connectivity index (χ3v) is 7.58. The van der Waals surface area contributed by atoms with E-state index in [1.165, 1.54) is 11.1 Å². The number of benzene rings is 1. The SMILES string of the molecule is CCN(CC)C(=O)CS(=O)(=O)c1cn(CC(=O)N2CCC(C)CC2)c2ccccc12. The fourth-order valence-corrected chi connectivity index (χ4v) is 5.46. The first-order valence-corrected chi connectivity index (χ1v) is 12.3. The molecular weight excluding hydrogens is 402 g/mol. The Morgan fingerprint density at radius 3 is 2.37 bits per heavy atom. The van der Waals surface area contributed by atoms with Crippen LogP contribution in [0.2, 0.25) is 0 Å². The Hall–Kier alpha value is -2.35. The van der Waals surface area contributed by atoms with Gasteiger partial charge in [0.15, 0.2) is 9.84 Å². The molecule has 0 bridgehead atoms. The smallest absolute Gasteiger partial charge is 0.242 e. The summed E-state index contributed by atoms with van der Waals surface area (Å²) >= 11 is 0. The van der Waals surface area contributed by atoms with Crippen LogP contribution >= 0.6 is 0 Å². The molecule has 1 saturated heterocycles. The van der Waals surface area contributed by atoms with E-state index in [-0.39, 0.29) is 17.3 Å². The van der Waals surface area contributed by atoms with E-state index in [0.717, 1.165) is 25.9 Å². The Morgan fingerprint density at radius 2 is 1.73 bits per heavy atom. The molecule has 0 N–H and O–H groups in total. The number of fused-ring (bicyclic) bond motifs is 1. The first-order chi connectivity index (χ1) is 14.3. The van der Waals surface area contributed by atoms with Crippen molar-refractivity contribution in [1.29, 1.82) is 0 Å². The van der Waals surface area contributed by atoms with Crippen LogP contribution in [-0.2, 0) is 26.0 Å². The molecule has 1 aromatic heterocycles. The second-order valence-corrected chi connectivity index (χ2v) is 9.98. The number of carbonyl (C=O) groups is 2. The minimum Gasteiger partial charge on any atom is -0.342 e. The molecule has 2 heterocycles. The largest absolute Gasteiger partial charge is 0.342 e. The molecule has 1 aliphatic rings. The molecule has 164 valence electrons. The van der Waals surface area contributed by atoms with Gasteiger partial charge in [0, 0.05) is 43.3 Å². The molecule has 30 heavy (non-hydrogen) atoms. The van der Waals surface area contributed by atoms with Gasteiger partial charge in [-0.1, -0.05) is 25.1 Å². The topological polar surface area (TPSA) is 79.7 Å². The standard InChI is InChI=1S/C22H31N3O4S/c1-4-23(5-2)22(27)16-30(28,29)20-14-25(19-9-7-6-8-18(19)20)15-21(26)24-12-10-17(3)11-13-24/h6-9,14,17H,4-5,10-13,15-16H2,1-3H3. The summed E-state index contributed by atoms with van der Waals surface area (Å²) in [6, 6.07) is 7.13. The summed E-state index contributed by atoms with van der Waals surface area (Å²) in [5.74, 6) is -0.358. The lowest BCUT2D eigenvalue weighted by Gasteiger charge is -2.30. The number of amides is 2. The van der Waals surface area contributed by atoms with Gasteiger partial charge in [-0.2, -0.15) is 0 Å². The lowest BCUT2D eigenvalue weighted by molar-refractivity contribution is -0.133. The summed E-state index contributed by atoms with van der Waals surface area (Å²) in [5.41, 5.74) is 0.685. The highest BCUT2D eigenvalue weighted by Gasteiger charge is 2.27. The molecule has 0 spiro atoms. The van der Waals surface area contributed by atoms with Crippen molar-refractivity contribution >= 4 is 32.6 Å². The van der Waals surface area contributed by atoms with Crippen molar-refractivity contribution in [2.24, 2.45) is 5.92 Å². The number of aromatic nitrogens is 1. The zero-order valence-electron chi connectivity index (χ0n) is 18.0. The van der Waals surface area contributed by atoms with Crippen LogP contribution in [0.15, 0.2) is 35.4 Å². The van der Waals surface area contributed by atoms with Crippen LogP contribution in [0, 0.1) is 5.92 Å². The molecular formula is C22H31N3O4S. The quantitative estimate of drug-likeness (QED) is 0.672. The third-order valence-electron chi connectivity index (χ3n) is 5.96. The first kappa shape index (κ1) is 22.3. The molecule has 2 amide bonds. The number of carbonyl (C=O) groups excluding carboxylic acids is 2. The normalized spacial score (nSPS) is 15.5. The predicted octanol–water partition coefficient (Wildman–Crippen LogP) is 2.54. The Kier molecular flexibility index (Phi) is 6.85. The zero-order chi connectivity index (χ0) is 21.9. The molecule has 7 nitrogen and oxygen atoms in total. The van der Waals surface area contributed by atoms with Crippen molar-refractivity contribution in [2.45, 2.75) is 45.1 Å². The maximum atomic E-state index is 13.1. The monoisotopic (exact) mass is 433 g/mol. The van der Waals surface area contributed by atoms with Crippen LogP contribution in [0.1, 0.15) is 33.6 Å².